The minimum atomic E-state index is -0.312. The molecule has 1 saturated heterocycles. The maximum atomic E-state index is 12.2. The van der Waals surface area contributed by atoms with E-state index in [0.29, 0.717) is 10.6 Å². The second-order valence-corrected chi connectivity index (χ2v) is 6.76. The summed E-state index contributed by atoms with van der Waals surface area (Å²) < 4.78 is 5.55. The van der Waals surface area contributed by atoms with E-state index in [1.165, 1.54) is 35.8 Å². The summed E-state index contributed by atoms with van der Waals surface area (Å²) in [6, 6.07) is 0. The highest BCUT2D eigenvalue weighted by molar-refractivity contribution is 8.21. The Labute approximate surface area is 131 Å². The van der Waals surface area contributed by atoms with Crippen LogP contribution in [-0.4, -0.2) is 33.2 Å². The predicted molar refractivity (Wildman–Crippen MR) is 84.5 cm³/mol. The summed E-state index contributed by atoms with van der Waals surface area (Å²) in [4.78, 5) is 28.0. The third-order valence-corrected chi connectivity index (χ3v) is 5.51. The SMILES string of the molecule is Cl.O=C1C=CN=C2SC(C(=O)SC3CCCCO3)C=C12. The molecule has 3 rings (SSSR count). The van der Waals surface area contributed by atoms with Crippen molar-refractivity contribution in [2.45, 2.75) is 29.9 Å². The van der Waals surface area contributed by atoms with Gasteiger partial charge in [-0.25, -0.2) is 4.99 Å². The molecule has 7 heteroatoms. The van der Waals surface area contributed by atoms with Crippen LogP contribution in [0.1, 0.15) is 19.3 Å². The molecule has 2 unspecified atom stereocenters. The smallest absolute Gasteiger partial charge is 0.208 e. The predicted octanol–water partition coefficient (Wildman–Crippen LogP) is 2.73. The molecule has 2 atom stereocenters. The first-order chi connectivity index (χ1) is 9.24. The van der Waals surface area contributed by atoms with Crippen LogP contribution in [0, 0.1) is 0 Å². The molecule has 0 amide bonds. The van der Waals surface area contributed by atoms with Crippen LogP contribution in [0.4, 0.5) is 0 Å². The Morgan fingerprint density at radius 3 is 3.00 bits per heavy atom. The van der Waals surface area contributed by atoms with Gasteiger partial charge in [0, 0.05) is 18.9 Å². The molecule has 3 aliphatic heterocycles. The number of rotatable bonds is 2. The van der Waals surface area contributed by atoms with E-state index >= 15 is 0 Å². The summed E-state index contributed by atoms with van der Waals surface area (Å²) in [6.07, 6.45) is 7.76. The van der Waals surface area contributed by atoms with Gasteiger partial charge < -0.3 is 4.74 Å². The van der Waals surface area contributed by atoms with Crippen molar-refractivity contribution in [1.29, 1.82) is 0 Å². The highest BCUT2D eigenvalue weighted by Crippen LogP contribution is 2.36. The number of hydrogen-bond donors (Lipinski definition) is 0. The average Bonchev–Trinajstić information content (AvgIpc) is 2.85. The molecule has 0 aliphatic carbocycles. The molecule has 20 heavy (non-hydrogen) atoms. The van der Waals surface area contributed by atoms with Gasteiger partial charge in [0.05, 0.1) is 10.8 Å². The zero-order valence-corrected chi connectivity index (χ0v) is 13.1. The van der Waals surface area contributed by atoms with E-state index in [2.05, 4.69) is 4.99 Å². The number of carbonyl (C=O) groups is 2. The third kappa shape index (κ3) is 3.36. The Hall–Kier alpha value is -0.560. The summed E-state index contributed by atoms with van der Waals surface area (Å²) in [5.74, 6) is -0.0632. The van der Waals surface area contributed by atoms with Gasteiger partial charge in [-0.15, -0.1) is 12.4 Å². The van der Waals surface area contributed by atoms with Gasteiger partial charge >= 0.3 is 0 Å². The van der Waals surface area contributed by atoms with Crippen molar-refractivity contribution in [2.24, 2.45) is 4.99 Å². The highest BCUT2D eigenvalue weighted by atomic mass is 35.5. The molecule has 1 fully saturated rings. The topological polar surface area (TPSA) is 55.7 Å². The van der Waals surface area contributed by atoms with Gasteiger partial charge in [0.2, 0.25) is 5.12 Å². The fourth-order valence-electron chi connectivity index (χ4n) is 2.11. The number of hydrogen-bond acceptors (Lipinski definition) is 6. The third-order valence-electron chi connectivity index (χ3n) is 3.09. The molecule has 0 aromatic carbocycles. The van der Waals surface area contributed by atoms with Crippen LogP contribution in [0.25, 0.3) is 0 Å². The molecule has 0 aromatic rings. The van der Waals surface area contributed by atoms with E-state index in [1.54, 1.807) is 6.08 Å². The Morgan fingerprint density at radius 2 is 2.30 bits per heavy atom. The molecule has 0 spiro atoms. The number of fused-ring (bicyclic) bond motifs is 1. The summed E-state index contributed by atoms with van der Waals surface area (Å²) in [6.45, 7) is 0.735. The molecule has 108 valence electrons. The van der Waals surface area contributed by atoms with Gasteiger partial charge in [0.1, 0.15) is 10.5 Å². The number of ether oxygens (including phenoxy) is 1. The van der Waals surface area contributed by atoms with Gasteiger partial charge in [-0.05, 0) is 25.3 Å². The minimum absolute atomic E-state index is 0. The van der Waals surface area contributed by atoms with Crippen molar-refractivity contribution < 1.29 is 14.3 Å². The van der Waals surface area contributed by atoms with E-state index in [4.69, 9.17) is 4.74 Å². The Morgan fingerprint density at radius 1 is 1.45 bits per heavy atom. The van der Waals surface area contributed by atoms with Gasteiger partial charge in [0.25, 0.3) is 0 Å². The number of thioether (sulfide) groups is 2. The van der Waals surface area contributed by atoms with E-state index in [0.717, 1.165) is 25.9 Å². The number of aliphatic imine (C=N–C) groups is 1. The summed E-state index contributed by atoms with van der Waals surface area (Å²) in [5, 5.41) is 0.401. The molecule has 0 aromatic heterocycles. The molecule has 0 saturated carbocycles. The first kappa shape index (κ1) is 15.8. The number of halogens is 1. The summed E-state index contributed by atoms with van der Waals surface area (Å²) >= 11 is 2.61. The fourth-order valence-corrected chi connectivity index (χ4v) is 4.29. The zero-order valence-electron chi connectivity index (χ0n) is 10.6. The minimum Gasteiger partial charge on any atom is -0.367 e. The van der Waals surface area contributed by atoms with Crippen LogP contribution in [0.5, 0.6) is 0 Å². The fraction of sp³-hybridized carbons (Fsp3) is 0.462. The molecule has 0 radical (unpaired) electrons. The quantitative estimate of drug-likeness (QED) is 0.778. The maximum Gasteiger partial charge on any atom is 0.208 e. The average molecular weight is 332 g/mol. The molecule has 4 nitrogen and oxygen atoms in total. The zero-order chi connectivity index (χ0) is 13.2. The molecular weight excluding hydrogens is 318 g/mol. The number of ketones is 1. The monoisotopic (exact) mass is 331 g/mol. The Balaban J connectivity index is 0.00000147. The number of allylic oxidation sites excluding steroid dienone is 1. The van der Waals surface area contributed by atoms with Crippen LogP contribution < -0.4 is 0 Å². The lowest BCUT2D eigenvalue weighted by molar-refractivity contribution is -0.111. The molecular formula is C13H14ClNO3S2. The van der Waals surface area contributed by atoms with Crippen molar-refractivity contribution in [3.05, 3.63) is 23.9 Å². The van der Waals surface area contributed by atoms with Crippen molar-refractivity contribution in [1.82, 2.24) is 0 Å². The van der Waals surface area contributed by atoms with E-state index < -0.39 is 0 Å². The van der Waals surface area contributed by atoms with Crippen molar-refractivity contribution in [3.63, 3.8) is 0 Å². The van der Waals surface area contributed by atoms with Crippen LogP contribution in [0.2, 0.25) is 0 Å². The number of carbonyl (C=O) groups excluding carboxylic acids is 2. The van der Waals surface area contributed by atoms with E-state index in [9.17, 15) is 9.59 Å². The molecule has 0 bridgehead atoms. The van der Waals surface area contributed by atoms with Crippen molar-refractivity contribution in [3.8, 4) is 0 Å². The lowest BCUT2D eigenvalue weighted by Gasteiger charge is -2.21. The number of nitrogens with zero attached hydrogens (tertiary/aromatic N) is 1. The second-order valence-electron chi connectivity index (χ2n) is 4.47. The summed E-state index contributed by atoms with van der Waals surface area (Å²) in [7, 11) is 0. The van der Waals surface area contributed by atoms with E-state index in [1.807, 2.05) is 0 Å². The molecule has 0 N–H and O–H groups in total. The first-order valence-electron chi connectivity index (χ1n) is 6.24. The second kappa shape index (κ2) is 6.93. The van der Waals surface area contributed by atoms with Crippen LogP contribution in [0.15, 0.2) is 28.9 Å². The van der Waals surface area contributed by atoms with Crippen LogP contribution in [0.3, 0.4) is 0 Å². The Kier molecular flexibility index (Phi) is 5.49. The largest absolute Gasteiger partial charge is 0.367 e. The van der Waals surface area contributed by atoms with Gasteiger partial charge in [-0.1, -0.05) is 23.5 Å². The first-order valence-corrected chi connectivity index (χ1v) is 7.99. The van der Waals surface area contributed by atoms with E-state index in [-0.39, 0.29) is 34.0 Å². The van der Waals surface area contributed by atoms with Crippen molar-refractivity contribution >= 4 is 51.9 Å². The molecule has 3 aliphatic rings. The lowest BCUT2D eigenvalue weighted by atomic mass is 10.1. The molecule has 3 heterocycles. The van der Waals surface area contributed by atoms with Crippen LogP contribution in [-0.2, 0) is 14.3 Å². The maximum absolute atomic E-state index is 12.2. The van der Waals surface area contributed by atoms with Crippen molar-refractivity contribution in [2.75, 3.05) is 6.61 Å². The van der Waals surface area contributed by atoms with Gasteiger partial charge in [-0.2, -0.15) is 0 Å². The van der Waals surface area contributed by atoms with Crippen LogP contribution >= 0.6 is 35.9 Å². The Bertz CT molecular complexity index is 510. The summed E-state index contributed by atoms with van der Waals surface area (Å²) in [5.41, 5.74) is 0.537. The highest BCUT2D eigenvalue weighted by Gasteiger charge is 2.33. The standard InChI is InChI=1S/C13H13NO3S2.ClH/c15-9-4-5-14-12-8(9)7-10(18-12)13(16)19-11-3-1-2-6-17-11;/h4-5,7,10-11H,1-3,6H2;1H. The van der Waals surface area contributed by atoms with Gasteiger partial charge in [-0.3, -0.25) is 9.59 Å². The van der Waals surface area contributed by atoms with Gasteiger partial charge in [0.15, 0.2) is 5.78 Å². The lowest BCUT2D eigenvalue weighted by Crippen LogP contribution is -2.20. The normalized spacial score (nSPS) is 28.3.